The van der Waals surface area contributed by atoms with Crippen LogP contribution in [0.3, 0.4) is 0 Å². The van der Waals surface area contributed by atoms with E-state index in [4.69, 9.17) is 14.2 Å². The molecular weight excluding hydrogens is 925 g/mol. The Balaban J connectivity index is 4.20. The third kappa shape index (κ3) is 60.6. The molecule has 426 valence electrons. The Morgan fingerprint density at radius 3 is 0.840 bits per heavy atom. The smallest absolute Gasteiger partial charge is 0.306 e. The lowest BCUT2D eigenvalue weighted by Gasteiger charge is -2.18. The van der Waals surface area contributed by atoms with Crippen molar-refractivity contribution >= 4 is 17.9 Å². The Morgan fingerprint density at radius 2 is 0.520 bits per heavy atom. The topological polar surface area (TPSA) is 78.9 Å². The molecule has 1 atom stereocenters. The predicted octanol–water partition coefficient (Wildman–Crippen LogP) is 21.2. The number of allylic oxidation sites excluding steroid dienone is 20. The third-order valence-electron chi connectivity index (χ3n) is 13.0. The summed E-state index contributed by atoms with van der Waals surface area (Å²) in [5.74, 6) is -0.910. The molecule has 0 saturated heterocycles. The van der Waals surface area contributed by atoms with E-state index in [0.717, 1.165) is 141 Å². The molecule has 0 bridgehead atoms. The van der Waals surface area contributed by atoms with Gasteiger partial charge in [0.25, 0.3) is 0 Å². The maximum atomic E-state index is 12.8. The van der Waals surface area contributed by atoms with Gasteiger partial charge in [0.2, 0.25) is 0 Å². The SMILES string of the molecule is CC/C=C\C/C=C\C/C=C\C/C=C\C/C=C\C/C=C\C/C=C\C/C=C\CCCCCCCCCCC(=O)OCC(COC(=O)CCCCCCCCCCC)OC(=O)CCCCCCC/C=C\C/C=C\CCCCC. The fraction of sp³-hybridized carbons (Fsp3) is 0.667. The molecule has 6 heteroatoms. The maximum absolute atomic E-state index is 12.8. The first-order valence-electron chi connectivity index (χ1n) is 31.0. The zero-order valence-electron chi connectivity index (χ0n) is 48.8. The summed E-state index contributed by atoms with van der Waals surface area (Å²) in [4.78, 5) is 38.1. The molecule has 0 N–H and O–H groups in total. The fourth-order valence-electron chi connectivity index (χ4n) is 8.31. The number of hydrogen-bond donors (Lipinski definition) is 0. The molecule has 0 amide bonds. The van der Waals surface area contributed by atoms with E-state index in [0.29, 0.717) is 19.3 Å². The summed E-state index contributed by atoms with van der Waals surface area (Å²) in [5.41, 5.74) is 0. The van der Waals surface area contributed by atoms with Crippen LogP contribution in [0.2, 0.25) is 0 Å². The van der Waals surface area contributed by atoms with Crippen LogP contribution in [0.25, 0.3) is 0 Å². The van der Waals surface area contributed by atoms with Gasteiger partial charge in [-0.05, 0) is 116 Å². The average Bonchev–Trinajstić information content (AvgIpc) is 3.41. The van der Waals surface area contributed by atoms with Crippen LogP contribution in [-0.2, 0) is 28.6 Å². The van der Waals surface area contributed by atoms with E-state index < -0.39 is 6.10 Å². The van der Waals surface area contributed by atoms with Crippen molar-refractivity contribution < 1.29 is 28.6 Å². The molecule has 75 heavy (non-hydrogen) atoms. The molecule has 0 aliphatic carbocycles. The number of carbonyl (C=O) groups excluding carboxylic acids is 3. The van der Waals surface area contributed by atoms with Crippen molar-refractivity contribution in [3.8, 4) is 0 Å². The van der Waals surface area contributed by atoms with Crippen molar-refractivity contribution in [3.05, 3.63) is 122 Å². The highest BCUT2D eigenvalue weighted by Crippen LogP contribution is 2.15. The van der Waals surface area contributed by atoms with Crippen LogP contribution in [0.4, 0.5) is 0 Å². The molecule has 0 heterocycles. The molecule has 0 aromatic carbocycles. The first kappa shape index (κ1) is 70.8. The summed E-state index contributed by atoms with van der Waals surface area (Å²) in [6.45, 7) is 6.46. The van der Waals surface area contributed by atoms with Crippen molar-refractivity contribution in [2.24, 2.45) is 0 Å². The third-order valence-corrected chi connectivity index (χ3v) is 13.0. The van der Waals surface area contributed by atoms with Gasteiger partial charge in [-0.2, -0.15) is 0 Å². The Morgan fingerprint density at radius 1 is 0.280 bits per heavy atom. The maximum Gasteiger partial charge on any atom is 0.306 e. The Hall–Kier alpha value is -4.19. The number of unbranched alkanes of at least 4 members (excludes halogenated alkanes) is 24. The van der Waals surface area contributed by atoms with Crippen LogP contribution >= 0.6 is 0 Å². The molecule has 0 radical (unpaired) electrons. The van der Waals surface area contributed by atoms with Crippen LogP contribution in [0.15, 0.2) is 122 Å². The van der Waals surface area contributed by atoms with Gasteiger partial charge in [0.1, 0.15) is 13.2 Å². The second kappa shape index (κ2) is 62.4. The van der Waals surface area contributed by atoms with Gasteiger partial charge in [0.05, 0.1) is 0 Å². The van der Waals surface area contributed by atoms with Gasteiger partial charge in [-0.15, -0.1) is 0 Å². The Labute approximate surface area is 462 Å². The van der Waals surface area contributed by atoms with Crippen LogP contribution in [0, 0.1) is 0 Å². The molecule has 0 saturated carbocycles. The molecule has 0 aliphatic heterocycles. The highest BCUT2D eigenvalue weighted by Gasteiger charge is 2.19. The van der Waals surface area contributed by atoms with Crippen molar-refractivity contribution in [3.63, 3.8) is 0 Å². The molecule has 0 fully saturated rings. The summed E-state index contributed by atoms with van der Waals surface area (Å²) in [6.07, 6.45) is 86.4. The van der Waals surface area contributed by atoms with Gasteiger partial charge in [-0.1, -0.05) is 264 Å². The summed E-state index contributed by atoms with van der Waals surface area (Å²) in [6, 6.07) is 0. The molecule has 0 rings (SSSR count). The van der Waals surface area contributed by atoms with E-state index in [2.05, 4.69) is 142 Å². The van der Waals surface area contributed by atoms with Crippen LogP contribution < -0.4 is 0 Å². The summed E-state index contributed by atoms with van der Waals surface area (Å²) >= 11 is 0. The number of hydrogen-bond acceptors (Lipinski definition) is 6. The summed E-state index contributed by atoms with van der Waals surface area (Å²) in [7, 11) is 0. The predicted molar refractivity (Wildman–Crippen MR) is 325 cm³/mol. The lowest BCUT2D eigenvalue weighted by Crippen LogP contribution is -2.30. The average molecular weight is 1040 g/mol. The lowest BCUT2D eigenvalue weighted by molar-refractivity contribution is -0.167. The van der Waals surface area contributed by atoms with Gasteiger partial charge in [-0.25, -0.2) is 0 Å². The Kier molecular flexibility index (Phi) is 58.9. The standard InChI is InChI=1S/C69H114O6/c1-4-7-10-13-16-19-21-23-25-26-27-28-29-30-31-32-33-34-35-36-37-38-39-40-41-42-44-45-47-50-53-56-59-62-68(71)74-65-66(64-73-67(70)61-58-55-52-49-18-15-12-9-6-3)75-69(72)63-60-57-54-51-48-46-43-24-22-20-17-14-11-8-5-2/h7,10,16-17,19-20,23-25,27-28,30-31,33-34,36-37,39-40,43,66H,4-6,8-9,11-15,18,21-22,26,29,32,35,38,41-42,44-65H2,1-3H3/b10-7-,19-16-,20-17-,25-23-,28-27-,31-30-,34-33-,37-36-,40-39-,43-24-. The van der Waals surface area contributed by atoms with Gasteiger partial charge < -0.3 is 14.2 Å². The van der Waals surface area contributed by atoms with Gasteiger partial charge in [0.15, 0.2) is 6.10 Å². The van der Waals surface area contributed by atoms with Gasteiger partial charge >= 0.3 is 17.9 Å². The van der Waals surface area contributed by atoms with Crippen molar-refractivity contribution in [2.75, 3.05) is 13.2 Å². The first-order valence-corrected chi connectivity index (χ1v) is 31.0. The van der Waals surface area contributed by atoms with E-state index in [-0.39, 0.29) is 31.1 Å². The highest BCUT2D eigenvalue weighted by atomic mass is 16.6. The molecular formula is C69H114O6. The van der Waals surface area contributed by atoms with E-state index >= 15 is 0 Å². The normalized spacial score (nSPS) is 12.9. The van der Waals surface area contributed by atoms with E-state index in [9.17, 15) is 14.4 Å². The number of esters is 3. The summed E-state index contributed by atoms with van der Waals surface area (Å²) < 4.78 is 16.8. The molecule has 0 aromatic heterocycles. The molecule has 6 nitrogen and oxygen atoms in total. The largest absolute Gasteiger partial charge is 0.462 e. The lowest BCUT2D eigenvalue weighted by atomic mass is 10.1. The highest BCUT2D eigenvalue weighted by molar-refractivity contribution is 5.71. The van der Waals surface area contributed by atoms with E-state index in [1.165, 1.54) is 96.3 Å². The van der Waals surface area contributed by atoms with Crippen molar-refractivity contribution in [1.82, 2.24) is 0 Å². The first-order chi connectivity index (χ1) is 37.0. The second-order valence-corrected chi connectivity index (χ2v) is 20.2. The van der Waals surface area contributed by atoms with Crippen molar-refractivity contribution in [2.45, 2.75) is 284 Å². The zero-order chi connectivity index (χ0) is 54.3. The van der Waals surface area contributed by atoms with Crippen LogP contribution in [0.1, 0.15) is 278 Å². The molecule has 1 unspecified atom stereocenters. The zero-order valence-corrected chi connectivity index (χ0v) is 48.8. The molecule has 0 spiro atoms. The van der Waals surface area contributed by atoms with E-state index in [1.807, 2.05) is 0 Å². The fourth-order valence-corrected chi connectivity index (χ4v) is 8.31. The quantitative estimate of drug-likeness (QED) is 0.0261. The minimum absolute atomic E-state index is 0.0859. The monoisotopic (exact) mass is 1040 g/mol. The number of ether oxygens (including phenoxy) is 3. The molecule has 0 aliphatic rings. The van der Waals surface area contributed by atoms with Gasteiger partial charge in [0, 0.05) is 19.3 Å². The van der Waals surface area contributed by atoms with Crippen molar-refractivity contribution in [1.29, 1.82) is 0 Å². The van der Waals surface area contributed by atoms with Gasteiger partial charge in [-0.3, -0.25) is 14.4 Å². The Bertz CT molecular complexity index is 1570. The summed E-state index contributed by atoms with van der Waals surface area (Å²) in [5, 5.41) is 0. The van der Waals surface area contributed by atoms with Crippen LogP contribution in [-0.4, -0.2) is 37.2 Å². The second-order valence-electron chi connectivity index (χ2n) is 20.2. The minimum Gasteiger partial charge on any atom is -0.462 e. The minimum atomic E-state index is -0.788. The van der Waals surface area contributed by atoms with E-state index in [1.54, 1.807) is 0 Å². The van der Waals surface area contributed by atoms with Crippen LogP contribution in [0.5, 0.6) is 0 Å². The number of rotatable bonds is 55. The molecule has 0 aromatic rings. The number of carbonyl (C=O) groups is 3.